The molecule has 0 fully saturated rings. The maximum atomic E-state index is 13.2. The standard InChI is InChI=1S/C11H13F2N5/c1-14-5-4-11(18-16-7-15-17-18)8-2-3-9(12)10(13)6-8/h2-3,6-7,11,14H,4-5H2,1H3. The lowest BCUT2D eigenvalue weighted by molar-refractivity contribution is 0.417. The van der Waals surface area contributed by atoms with E-state index in [1.807, 2.05) is 7.05 Å². The lowest BCUT2D eigenvalue weighted by Gasteiger charge is -2.15. The number of tetrazole rings is 1. The van der Waals surface area contributed by atoms with Crippen LogP contribution in [0.4, 0.5) is 8.78 Å². The number of aromatic nitrogens is 4. The number of nitrogens with one attached hydrogen (secondary N) is 1. The molecule has 0 radical (unpaired) electrons. The van der Waals surface area contributed by atoms with Crippen LogP contribution in [-0.2, 0) is 0 Å². The Bertz CT molecular complexity index is 500. The van der Waals surface area contributed by atoms with Crippen molar-refractivity contribution >= 4 is 0 Å². The van der Waals surface area contributed by atoms with E-state index in [9.17, 15) is 8.78 Å². The van der Waals surface area contributed by atoms with Crippen LogP contribution in [0, 0.1) is 11.6 Å². The largest absolute Gasteiger partial charge is 0.320 e. The van der Waals surface area contributed by atoms with Gasteiger partial charge in [-0.05, 0) is 42.9 Å². The molecule has 0 spiro atoms. The van der Waals surface area contributed by atoms with Gasteiger partial charge in [0.2, 0.25) is 0 Å². The van der Waals surface area contributed by atoms with Gasteiger partial charge < -0.3 is 5.32 Å². The third-order valence-electron chi connectivity index (χ3n) is 2.64. The monoisotopic (exact) mass is 253 g/mol. The van der Waals surface area contributed by atoms with Crippen LogP contribution in [0.2, 0.25) is 0 Å². The molecule has 5 nitrogen and oxygen atoms in total. The number of nitrogens with zero attached hydrogens (tertiary/aromatic N) is 4. The molecule has 0 bridgehead atoms. The van der Waals surface area contributed by atoms with Crippen molar-refractivity contribution in [2.24, 2.45) is 0 Å². The summed E-state index contributed by atoms with van der Waals surface area (Å²) in [5, 5.41) is 14.4. The minimum atomic E-state index is -0.873. The average molecular weight is 253 g/mol. The van der Waals surface area contributed by atoms with Gasteiger partial charge in [-0.1, -0.05) is 6.07 Å². The highest BCUT2D eigenvalue weighted by Crippen LogP contribution is 2.21. The number of hydrogen-bond donors (Lipinski definition) is 1. The fraction of sp³-hybridized carbons (Fsp3) is 0.364. The molecule has 0 aliphatic carbocycles. The molecule has 2 rings (SSSR count). The van der Waals surface area contributed by atoms with Gasteiger partial charge in [-0.15, -0.1) is 10.2 Å². The average Bonchev–Trinajstić information content (AvgIpc) is 2.88. The zero-order valence-corrected chi connectivity index (χ0v) is 9.85. The molecule has 2 aromatic rings. The van der Waals surface area contributed by atoms with E-state index in [2.05, 4.69) is 20.7 Å². The summed E-state index contributed by atoms with van der Waals surface area (Å²) in [6.07, 6.45) is 1.96. The van der Waals surface area contributed by atoms with Gasteiger partial charge in [-0.2, -0.15) is 4.80 Å². The highest BCUT2D eigenvalue weighted by Gasteiger charge is 2.17. The molecule has 1 atom stereocenters. The number of halogens is 2. The van der Waals surface area contributed by atoms with E-state index < -0.39 is 11.6 Å². The second kappa shape index (κ2) is 5.63. The molecule has 0 saturated heterocycles. The van der Waals surface area contributed by atoms with Crippen molar-refractivity contribution < 1.29 is 8.78 Å². The minimum Gasteiger partial charge on any atom is -0.320 e. The van der Waals surface area contributed by atoms with E-state index in [4.69, 9.17) is 0 Å². The number of hydrogen-bond acceptors (Lipinski definition) is 4. The summed E-state index contributed by atoms with van der Waals surface area (Å²) in [5.74, 6) is -1.74. The zero-order valence-electron chi connectivity index (χ0n) is 9.85. The van der Waals surface area contributed by atoms with E-state index >= 15 is 0 Å². The van der Waals surface area contributed by atoms with Crippen molar-refractivity contribution in [2.75, 3.05) is 13.6 Å². The van der Waals surface area contributed by atoms with Crippen molar-refractivity contribution in [3.8, 4) is 0 Å². The normalized spacial score (nSPS) is 12.6. The van der Waals surface area contributed by atoms with Crippen molar-refractivity contribution in [3.63, 3.8) is 0 Å². The molecule has 96 valence electrons. The summed E-state index contributed by atoms with van der Waals surface area (Å²) in [6, 6.07) is 3.53. The molecule has 1 unspecified atom stereocenters. The lowest BCUT2D eigenvalue weighted by Crippen LogP contribution is -2.20. The molecule has 0 aliphatic rings. The fourth-order valence-electron chi connectivity index (χ4n) is 1.73. The van der Waals surface area contributed by atoms with Crippen LogP contribution in [0.15, 0.2) is 24.5 Å². The molecule has 1 aromatic carbocycles. The Kier molecular flexibility index (Phi) is 3.93. The van der Waals surface area contributed by atoms with Gasteiger partial charge in [-0.3, -0.25) is 0 Å². The van der Waals surface area contributed by atoms with Crippen LogP contribution in [0.1, 0.15) is 18.0 Å². The number of rotatable bonds is 5. The lowest BCUT2D eigenvalue weighted by atomic mass is 10.0. The first-order chi connectivity index (χ1) is 8.72. The van der Waals surface area contributed by atoms with Crippen LogP contribution in [0.5, 0.6) is 0 Å². The van der Waals surface area contributed by atoms with Gasteiger partial charge >= 0.3 is 0 Å². The highest BCUT2D eigenvalue weighted by atomic mass is 19.2. The SMILES string of the molecule is CNCCC(c1ccc(F)c(F)c1)n1ncnn1. The van der Waals surface area contributed by atoms with Gasteiger partial charge in [0.1, 0.15) is 0 Å². The third kappa shape index (κ3) is 2.67. The van der Waals surface area contributed by atoms with Crippen molar-refractivity contribution in [1.29, 1.82) is 0 Å². The van der Waals surface area contributed by atoms with E-state index in [1.54, 1.807) is 0 Å². The van der Waals surface area contributed by atoms with Crippen LogP contribution < -0.4 is 5.32 Å². The van der Waals surface area contributed by atoms with Crippen molar-refractivity contribution in [3.05, 3.63) is 41.7 Å². The first-order valence-electron chi connectivity index (χ1n) is 5.54. The van der Waals surface area contributed by atoms with E-state index in [-0.39, 0.29) is 6.04 Å². The van der Waals surface area contributed by atoms with Gasteiger partial charge in [0, 0.05) is 0 Å². The van der Waals surface area contributed by atoms with E-state index in [0.29, 0.717) is 18.5 Å². The Labute approximate surface area is 103 Å². The molecular formula is C11H13F2N5. The molecule has 18 heavy (non-hydrogen) atoms. The van der Waals surface area contributed by atoms with Crippen LogP contribution >= 0.6 is 0 Å². The quantitative estimate of drug-likeness (QED) is 0.868. The Hall–Kier alpha value is -1.89. The Morgan fingerprint density at radius 3 is 2.78 bits per heavy atom. The van der Waals surface area contributed by atoms with Gasteiger partial charge in [-0.25, -0.2) is 8.78 Å². The Morgan fingerprint density at radius 2 is 2.17 bits per heavy atom. The molecular weight excluding hydrogens is 240 g/mol. The first kappa shape index (κ1) is 12.6. The summed E-state index contributed by atoms with van der Waals surface area (Å²) >= 11 is 0. The highest BCUT2D eigenvalue weighted by molar-refractivity contribution is 5.21. The van der Waals surface area contributed by atoms with Crippen LogP contribution in [0.3, 0.4) is 0 Å². The third-order valence-corrected chi connectivity index (χ3v) is 2.64. The van der Waals surface area contributed by atoms with Crippen molar-refractivity contribution in [1.82, 2.24) is 25.5 Å². The second-order valence-electron chi connectivity index (χ2n) is 3.84. The Balaban J connectivity index is 2.30. The summed E-state index contributed by atoms with van der Waals surface area (Å²) in [4.78, 5) is 1.39. The molecule has 7 heteroatoms. The topological polar surface area (TPSA) is 55.6 Å². The maximum Gasteiger partial charge on any atom is 0.162 e. The summed E-state index contributed by atoms with van der Waals surface area (Å²) < 4.78 is 26.2. The zero-order chi connectivity index (χ0) is 13.0. The van der Waals surface area contributed by atoms with Gasteiger partial charge in [0.05, 0.1) is 6.04 Å². The number of benzene rings is 1. The molecule has 1 N–H and O–H groups in total. The smallest absolute Gasteiger partial charge is 0.162 e. The van der Waals surface area contributed by atoms with Crippen molar-refractivity contribution in [2.45, 2.75) is 12.5 Å². The summed E-state index contributed by atoms with van der Waals surface area (Å²) in [7, 11) is 1.82. The maximum absolute atomic E-state index is 13.2. The molecule has 1 heterocycles. The minimum absolute atomic E-state index is 0.268. The van der Waals surface area contributed by atoms with E-state index in [0.717, 1.165) is 6.07 Å². The van der Waals surface area contributed by atoms with Gasteiger partial charge in [0.25, 0.3) is 0 Å². The second-order valence-corrected chi connectivity index (χ2v) is 3.84. The van der Waals surface area contributed by atoms with Crippen LogP contribution in [-0.4, -0.2) is 33.8 Å². The molecule has 0 saturated carbocycles. The van der Waals surface area contributed by atoms with Crippen LogP contribution in [0.25, 0.3) is 0 Å². The molecule has 1 aromatic heterocycles. The predicted octanol–water partition coefficient (Wildman–Crippen LogP) is 1.15. The molecule has 0 amide bonds. The first-order valence-corrected chi connectivity index (χ1v) is 5.54. The Morgan fingerprint density at radius 1 is 1.33 bits per heavy atom. The van der Waals surface area contributed by atoms with Gasteiger partial charge in [0.15, 0.2) is 18.0 Å². The summed E-state index contributed by atoms with van der Waals surface area (Å²) in [6.45, 7) is 0.700. The molecule has 0 aliphatic heterocycles. The van der Waals surface area contributed by atoms with E-state index in [1.165, 1.54) is 23.3 Å². The summed E-state index contributed by atoms with van der Waals surface area (Å²) in [5.41, 5.74) is 0.613. The predicted molar refractivity (Wildman–Crippen MR) is 60.9 cm³/mol. The fourth-order valence-corrected chi connectivity index (χ4v) is 1.73.